The van der Waals surface area contributed by atoms with Gasteiger partial charge in [0.25, 0.3) is 0 Å². The molecule has 0 spiro atoms. The third-order valence-electron chi connectivity index (χ3n) is 2.65. The summed E-state index contributed by atoms with van der Waals surface area (Å²) in [6.07, 6.45) is 2.01. The number of anilines is 1. The molecule has 2 heterocycles. The van der Waals surface area contributed by atoms with Gasteiger partial charge in [-0.15, -0.1) is 0 Å². The second-order valence-corrected chi connectivity index (χ2v) is 6.48. The van der Waals surface area contributed by atoms with Gasteiger partial charge in [0.05, 0.1) is 29.3 Å². The van der Waals surface area contributed by atoms with Gasteiger partial charge in [-0.1, -0.05) is 12.2 Å². The molecule has 0 amide bonds. The molecule has 1 aliphatic rings. The fraction of sp³-hybridized carbons (Fsp3) is 0.500. The highest BCUT2D eigenvalue weighted by Gasteiger charge is 2.31. The number of aromatic nitrogens is 2. The molecular weight excluding hydrogens is 248 g/mol. The van der Waals surface area contributed by atoms with Crippen LogP contribution < -0.4 is 11.5 Å². The Morgan fingerprint density at radius 1 is 1.62 bits per heavy atom. The van der Waals surface area contributed by atoms with Crippen molar-refractivity contribution in [2.75, 3.05) is 17.2 Å². The van der Waals surface area contributed by atoms with Gasteiger partial charge < -0.3 is 11.5 Å². The average Bonchev–Trinajstić information content (AvgIpc) is 2.69. The number of sulfone groups is 1. The van der Waals surface area contributed by atoms with E-state index in [0.29, 0.717) is 17.8 Å². The minimum atomic E-state index is -2.95. The van der Waals surface area contributed by atoms with E-state index in [-0.39, 0.29) is 22.5 Å². The molecule has 1 atom stereocenters. The Morgan fingerprint density at radius 3 is 2.75 bits per heavy atom. The summed E-state index contributed by atoms with van der Waals surface area (Å²) in [6, 6.07) is -0.201. The van der Waals surface area contributed by atoms with E-state index in [1.54, 1.807) is 0 Å². The average molecular weight is 260 g/mol. The van der Waals surface area contributed by atoms with Crippen LogP contribution in [0.5, 0.6) is 0 Å². The van der Waals surface area contributed by atoms with Crippen LogP contribution >= 0.6 is 12.2 Å². The van der Waals surface area contributed by atoms with Crippen LogP contribution in [0, 0.1) is 0 Å². The first kappa shape index (κ1) is 11.3. The van der Waals surface area contributed by atoms with Crippen molar-refractivity contribution < 1.29 is 8.42 Å². The van der Waals surface area contributed by atoms with Gasteiger partial charge in [0, 0.05) is 0 Å². The Morgan fingerprint density at radius 2 is 2.31 bits per heavy atom. The summed E-state index contributed by atoms with van der Waals surface area (Å²) in [7, 11) is -2.95. The van der Waals surface area contributed by atoms with E-state index in [0.717, 1.165) is 0 Å². The van der Waals surface area contributed by atoms with Crippen molar-refractivity contribution in [3.05, 3.63) is 11.8 Å². The second kappa shape index (κ2) is 3.70. The smallest absolute Gasteiger partial charge is 0.152 e. The van der Waals surface area contributed by atoms with Gasteiger partial charge in [0.1, 0.15) is 10.8 Å². The lowest BCUT2D eigenvalue weighted by Crippen LogP contribution is -2.17. The molecule has 1 aromatic heterocycles. The number of thiocarbonyl (C=S) groups is 1. The zero-order valence-electron chi connectivity index (χ0n) is 8.46. The van der Waals surface area contributed by atoms with E-state index in [1.165, 1.54) is 10.9 Å². The minimum absolute atomic E-state index is 0.0790. The molecule has 4 N–H and O–H groups in total. The second-order valence-electron chi connectivity index (χ2n) is 3.81. The van der Waals surface area contributed by atoms with Crippen LogP contribution in [0.3, 0.4) is 0 Å². The van der Waals surface area contributed by atoms with Gasteiger partial charge in [0.15, 0.2) is 9.84 Å². The first-order chi connectivity index (χ1) is 7.41. The maximum atomic E-state index is 11.3. The molecule has 88 valence electrons. The van der Waals surface area contributed by atoms with Crippen LogP contribution in [-0.4, -0.2) is 34.7 Å². The van der Waals surface area contributed by atoms with Crippen molar-refractivity contribution in [3.8, 4) is 0 Å². The normalized spacial score (nSPS) is 23.4. The third kappa shape index (κ3) is 1.90. The monoisotopic (exact) mass is 260 g/mol. The summed E-state index contributed by atoms with van der Waals surface area (Å²) in [4.78, 5) is 0.171. The summed E-state index contributed by atoms with van der Waals surface area (Å²) >= 11 is 4.81. The molecule has 1 aromatic rings. The van der Waals surface area contributed by atoms with Crippen molar-refractivity contribution in [2.24, 2.45) is 5.73 Å². The lowest BCUT2D eigenvalue weighted by molar-refractivity contribution is 0.507. The standard InChI is InChI=1S/C8H12N4O2S2/c9-7-6(8(10)15)3-11-12(7)5-1-2-16(13,14)4-5/h3,5H,1-2,4,9H2,(H2,10,15). The van der Waals surface area contributed by atoms with Crippen LogP contribution in [0.15, 0.2) is 6.20 Å². The van der Waals surface area contributed by atoms with Gasteiger partial charge in [-0.2, -0.15) is 5.10 Å². The molecule has 2 rings (SSSR count). The lowest BCUT2D eigenvalue weighted by Gasteiger charge is -2.10. The number of nitrogens with zero attached hydrogens (tertiary/aromatic N) is 2. The van der Waals surface area contributed by atoms with Gasteiger partial charge in [-0.3, -0.25) is 0 Å². The number of nitrogens with two attached hydrogens (primary N) is 2. The number of hydrogen-bond donors (Lipinski definition) is 2. The largest absolute Gasteiger partial charge is 0.389 e. The molecule has 1 aliphatic heterocycles. The zero-order chi connectivity index (χ0) is 11.9. The van der Waals surface area contributed by atoms with Crippen LogP contribution in [0.4, 0.5) is 5.82 Å². The fourth-order valence-corrected chi connectivity index (χ4v) is 3.67. The molecule has 1 unspecified atom stereocenters. The van der Waals surface area contributed by atoms with Crippen molar-refractivity contribution in [2.45, 2.75) is 12.5 Å². The molecule has 6 nitrogen and oxygen atoms in total. The van der Waals surface area contributed by atoms with E-state index >= 15 is 0 Å². The van der Waals surface area contributed by atoms with Crippen molar-refractivity contribution >= 4 is 32.9 Å². The molecular formula is C8H12N4O2S2. The first-order valence-electron chi connectivity index (χ1n) is 4.74. The summed E-state index contributed by atoms with van der Waals surface area (Å²) < 4.78 is 24.2. The highest BCUT2D eigenvalue weighted by Crippen LogP contribution is 2.26. The SMILES string of the molecule is NC(=S)c1cnn(C2CCS(=O)(=O)C2)c1N. The molecule has 0 aromatic carbocycles. The summed E-state index contributed by atoms with van der Waals surface area (Å²) in [6.45, 7) is 0. The molecule has 8 heteroatoms. The molecule has 1 fully saturated rings. The van der Waals surface area contributed by atoms with Crippen LogP contribution in [0.2, 0.25) is 0 Å². The lowest BCUT2D eigenvalue weighted by atomic mass is 10.2. The molecule has 0 aliphatic carbocycles. The maximum absolute atomic E-state index is 11.3. The highest BCUT2D eigenvalue weighted by atomic mass is 32.2. The molecule has 1 saturated heterocycles. The van der Waals surface area contributed by atoms with E-state index in [1.807, 2.05) is 0 Å². The fourth-order valence-electron chi connectivity index (χ4n) is 1.82. The van der Waals surface area contributed by atoms with Crippen molar-refractivity contribution in [3.63, 3.8) is 0 Å². The number of nitrogen functional groups attached to an aromatic ring is 1. The van der Waals surface area contributed by atoms with Crippen LogP contribution in [-0.2, 0) is 9.84 Å². The van der Waals surface area contributed by atoms with Gasteiger partial charge >= 0.3 is 0 Å². The van der Waals surface area contributed by atoms with Crippen LogP contribution in [0.1, 0.15) is 18.0 Å². The Hall–Kier alpha value is -1.15. The van der Waals surface area contributed by atoms with Crippen LogP contribution in [0.25, 0.3) is 0 Å². The van der Waals surface area contributed by atoms with Gasteiger partial charge in [0.2, 0.25) is 0 Å². The van der Waals surface area contributed by atoms with E-state index in [4.69, 9.17) is 23.7 Å². The van der Waals surface area contributed by atoms with E-state index in [9.17, 15) is 8.42 Å². The molecule has 0 bridgehead atoms. The summed E-state index contributed by atoms with van der Waals surface area (Å²) in [5.74, 6) is 0.601. The predicted molar refractivity (Wildman–Crippen MR) is 64.8 cm³/mol. The number of hydrogen-bond acceptors (Lipinski definition) is 5. The maximum Gasteiger partial charge on any atom is 0.152 e. The summed E-state index contributed by atoms with van der Waals surface area (Å²) in [5, 5.41) is 4.04. The summed E-state index contributed by atoms with van der Waals surface area (Å²) in [5.41, 5.74) is 11.8. The Kier molecular flexibility index (Phi) is 2.62. The minimum Gasteiger partial charge on any atom is -0.389 e. The van der Waals surface area contributed by atoms with Crippen molar-refractivity contribution in [1.82, 2.24) is 9.78 Å². The predicted octanol–water partition coefficient (Wildman–Crippen LogP) is -0.541. The first-order valence-corrected chi connectivity index (χ1v) is 6.97. The van der Waals surface area contributed by atoms with E-state index < -0.39 is 9.84 Å². The molecule has 0 saturated carbocycles. The highest BCUT2D eigenvalue weighted by molar-refractivity contribution is 7.91. The van der Waals surface area contributed by atoms with Crippen molar-refractivity contribution in [1.29, 1.82) is 0 Å². The molecule has 0 radical (unpaired) electrons. The third-order valence-corrected chi connectivity index (χ3v) is 4.62. The van der Waals surface area contributed by atoms with Gasteiger partial charge in [-0.05, 0) is 6.42 Å². The zero-order valence-corrected chi connectivity index (χ0v) is 10.1. The Bertz CT molecular complexity index is 534. The topological polar surface area (TPSA) is 104 Å². The Balaban J connectivity index is 2.33. The number of rotatable bonds is 2. The quantitative estimate of drug-likeness (QED) is 0.692. The molecule has 16 heavy (non-hydrogen) atoms. The van der Waals surface area contributed by atoms with Gasteiger partial charge in [-0.25, -0.2) is 13.1 Å². The Labute approximate surface area is 98.5 Å². The van der Waals surface area contributed by atoms with E-state index in [2.05, 4.69) is 5.10 Å².